The third-order valence-corrected chi connectivity index (χ3v) is 2.87. The highest BCUT2D eigenvalue weighted by molar-refractivity contribution is 5.91. The molecule has 1 heterocycles. The van der Waals surface area contributed by atoms with Crippen molar-refractivity contribution in [3.63, 3.8) is 0 Å². The number of aliphatic carboxylic acids is 1. The molecule has 0 aliphatic carbocycles. The zero-order valence-corrected chi connectivity index (χ0v) is 11.0. The van der Waals surface area contributed by atoms with E-state index in [4.69, 9.17) is 5.11 Å². The Morgan fingerprint density at radius 2 is 1.94 bits per heavy atom. The van der Waals surface area contributed by atoms with Crippen LogP contribution in [0.1, 0.15) is 33.6 Å². The van der Waals surface area contributed by atoms with Gasteiger partial charge in [-0.1, -0.05) is 20.8 Å². The van der Waals surface area contributed by atoms with Crippen molar-refractivity contribution in [1.82, 2.24) is 10.2 Å². The molecule has 6 heteroatoms. The first-order valence-corrected chi connectivity index (χ1v) is 6.04. The number of carbonyl (C=O) groups is 3. The van der Waals surface area contributed by atoms with E-state index in [1.807, 2.05) is 0 Å². The van der Waals surface area contributed by atoms with Gasteiger partial charge in [0, 0.05) is 12.0 Å². The molecule has 102 valence electrons. The monoisotopic (exact) mass is 256 g/mol. The molecule has 1 saturated heterocycles. The van der Waals surface area contributed by atoms with Crippen molar-refractivity contribution in [2.45, 2.75) is 39.7 Å². The summed E-state index contributed by atoms with van der Waals surface area (Å²) in [4.78, 5) is 35.9. The fourth-order valence-corrected chi connectivity index (χ4v) is 1.99. The first-order chi connectivity index (χ1) is 8.23. The quantitative estimate of drug-likeness (QED) is 0.756. The van der Waals surface area contributed by atoms with Crippen LogP contribution in [0.3, 0.4) is 0 Å². The molecule has 0 aromatic carbocycles. The zero-order valence-electron chi connectivity index (χ0n) is 11.0. The van der Waals surface area contributed by atoms with Crippen LogP contribution in [0.4, 0.5) is 0 Å². The Morgan fingerprint density at radius 1 is 1.33 bits per heavy atom. The van der Waals surface area contributed by atoms with Crippen molar-refractivity contribution in [2.24, 2.45) is 5.41 Å². The molecule has 1 unspecified atom stereocenters. The summed E-state index contributed by atoms with van der Waals surface area (Å²) in [6.07, 6.45) is 1.36. The number of likely N-dealkylation sites (tertiary alicyclic amines) is 1. The van der Waals surface area contributed by atoms with Crippen molar-refractivity contribution < 1.29 is 19.5 Å². The molecule has 18 heavy (non-hydrogen) atoms. The maximum absolute atomic E-state index is 12.1. The van der Waals surface area contributed by atoms with E-state index in [0.29, 0.717) is 13.0 Å². The lowest BCUT2D eigenvalue weighted by atomic mass is 9.94. The molecule has 0 bridgehead atoms. The molecular formula is C12H20N2O4. The van der Waals surface area contributed by atoms with Crippen LogP contribution in [-0.2, 0) is 14.4 Å². The number of carbonyl (C=O) groups excluding carboxylic acids is 2. The summed E-state index contributed by atoms with van der Waals surface area (Å²) in [6, 6.07) is -0.531. The van der Waals surface area contributed by atoms with E-state index in [-0.39, 0.29) is 11.8 Å². The average molecular weight is 256 g/mol. The van der Waals surface area contributed by atoms with E-state index < -0.39 is 24.0 Å². The minimum absolute atomic E-state index is 0.0736. The van der Waals surface area contributed by atoms with Gasteiger partial charge in [-0.2, -0.15) is 0 Å². The topological polar surface area (TPSA) is 86.7 Å². The smallest absolute Gasteiger partial charge is 0.322 e. The van der Waals surface area contributed by atoms with Crippen LogP contribution in [-0.4, -0.2) is 46.9 Å². The van der Waals surface area contributed by atoms with Crippen LogP contribution in [0.5, 0.6) is 0 Å². The van der Waals surface area contributed by atoms with E-state index in [1.54, 1.807) is 25.7 Å². The summed E-state index contributed by atoms with van der Waals surface area (Å²) in [5.74, 6) is -1.54. The number of amides is 2. The Labute approximate surface area is 106 Å². The molecule has 1 aliphatic rings. The number of carboxylic acid groups (broad SMARTS) is 1. The van der Waals surface area contributed by atoms with Gasteiger partial charge in [0.25, 0.3) is 0 Å². The summed E-state index contributed by atoms with van der Waals surface area (Å²) in [6.45, 7) is 5.56. The standard InChI is InChI=1S/C12H20N2O4/c1-12(2,3)11(18)14-6-4-5-8(14)10(17)13-7-9(15)16/h8H,4-7H2,1-3H3,(H,13,17)(H,15,16). The van der Waals surface area contributed by atoms with Crippen LogP contribution in [0.2, 0.25) is 0 Å². The fraction of sp³-hybridized carbons (Fsp3) is 0.750. The van der Waals surface area contributed by atoms with Gasteiger partial charge < -0.3 is 15.3 Å². The summed E-state index contributed by atoms with van der Waals surface area (Å²) in [5.41, 5.74) is -0.532. The molecular weight excluding hydrogens is 236 g/mol. The predicted octanol–water partition coefficient (Wildman–Crippen LogP) is 0.224. The number of hydrogen-bond acceptors (Lipinski definition) is 3. The molecule has 0 saturated carbocycles. The van der Waals surface area contributed by atoms with Gasteiger partial charge in [-0.3, -0.25) is 14.4 Å². The third-order valence-electron chi connectivity index (χ3n) is 2.87. The average Bonchev–Trinajstić information content (AvgIpc) is 2.71. The minimum Gasteiger partial charge on any atom is -0.480 e. The van der Waals surface area contributed by atoms with E-state index in [9.17, 15) is 14.4 Å². The van der Waals surface area contributed by atoms with Crippen LogP contribution in [0.15, 0.2) is 0 Å². The van der Waals surface area contributed by atoms with E-state index in [2.05, 4.69) is 5.32 Å². The number of carboxylic acids is 1. The van der Waals surface area contributed by atoms with Crippen LogP contribution >= 0.6 is 0 Å². The zero-order chi connectivity index (χ0) is 13.9. The van der Waals surface area contributed by atoms with Gasteiger partial charge in [-0.05, 0) is 12.8 Å². The Bertz CT molecular complexity index is 360. The molecule has 1 aliphatic heterocycles. The first kappa shape index (κ1) is 14.5. The number of nitrogens with zero attached hydrogens (tertiary/aromatic N) is 1. The van der Waals surface area contributed by atoms with Gasteiger partial charge in [0.05, 0.1) is 0 Å². The van der Waals surface area contributed by atoms with E-state index in [1.165, 1.54) is 0 Å². The number of rotatable bonds is 3. The molecule has 0 radical (unpaired) electrons. The highest BCUT2D eigenvalue weighted by atomic mass is 16.4. The van der Waals surface area contributed by atoms with Gasteiger partial charge in [0.1, 0.15) is 12.6 Å². The largest absolute Gasteiger partial charge is 0.480 e. The molecule has 1 fully saturated rings. The summed E-state index contributed by atoms with van der Waals surface area (Å²) < 4.78 is 0. The SMILES string of the molecule is CC(C)(C)C(=O)N1CCCC1C(=O)NCC(=O)O. The number of nitrogens with one attached hydrogen (secondary N) is 1. The van der Waals surface area contributed by atoms with Crippen molar-refractivity contribution in [2.75, 3.05) is 13.1 Å². The number of hydrogen-bond donors (Lipinski definition) is 2. The molecule has 0 aromatic rings. The fourth-order valence-electron chi connectivity index (χ4n) is 1.99. The first-order valence-electron chi connectivity index (χ1n) is 6.04. The Hall–Kier alpha value is -1.59. The van der Waals surface area contributed by atoms with Crippen molar-refractivity contribution >= 4 is 17.8 Å². The van der Waals surface area contributed by atoms with Gasteiger partial charge in [-0.25, -0.2) is 0 Å². The van der Waals surface area contributed by atoms with Crippen molar-refractivity contribution in [3.05, 3.63) is 0 Å². The Balaban J connectivity index is 2.67. The molecule has 2 amide bonds. The van der Waals surface area contributed by atoms with Gasteiger partial charge in [-0.15, -0.1) is 0 Å². The molecule has 2 N–H and O–H groups in total. The Morgan fingerprint density at radius 3 is 2.44 bits per heavy atom. The summed E-state index contributed by atoms with van der Waals surface area (Å²) in [7, 11) is 0. The summed E-state index contributed by atoms with van der Waals surface area (Å²) in [5, 5.41) is 10.8. The second-order valence-electron chi connectivity index (χ2n) is 5.52. The van der Waals surface area contributed by atoms with Crippen molar-refractivity contribution in [3.8, 4) is 0 Å². The maximum Gasteiger partial charge on any atom is 0.322 e. The normalized spacial score (nSPS) is 19.7. The van der Waals surface area contributed by atoms with Gasteiger partial charge in [0.2, 0.25) is 11.8 Å². The summed E-state index contributed by atoms with van der Waals surface area (Å²) >= 11 is 0. The molecule has 6 nitrogen and oxygen atoms in total. The minimum atomic E-state index is -1.09. The lowest BCUT2D eigenvalue weighted by Crippen LogP contribution is -2.50. The highest BCUT2D eigenvalue weighted by Crippen LogP contribution is 2.25. The van der Waals surface area contributed by atoms with Gasteiger partial charge in [0.15, 0.2) is 0 Å². The molecule has 1 rings (SSSR count). The Kier molecular flexibility index (Phi) is 4.32. The van der Waals surface area contributed by atoms with Crippen LogP contribution in [0.25, 0.3) is 0 Å². The maximum atomic E-state index is 12.1. The third kappa shape index (κ3) is 3.45. The molecule has 1 atom stereocenters. The second kappa shape index (κ2) is 5.37. The lowest BCUT2D eigenvalue weighted by Gasteiger charge is -2.30. The van der Waals surface area contributed by atoms with E-state index in [0.717, 1.165) is 6.42 Å². The van der Waals surface area contributed by atoms with Crippen LogP contribution in [0, 0.1) is 5.41 Å². The van der Waals surface area contributed by atoms with Crippen molar-refractivity contribution in [1.29, 1.82) is 0 Å². The molecule has 0 aromatic heterocycles. The van der Waals surface area contributed by atoms with Gasteiger partial charge >= 0.3 is 5.97 Å². The predicted molar refractivity (Wildman–Crippen MR) is 64.8 cm³/mol. The van der Waals surface area contributed by atoms with Crippen LogP contribution < -0.4 is 5.32 Å². The van der Waals surface area contributed by atoms with E-state index >= 15 is 0 Å². The lowest BCUT2D eigenvalue weighted by molar-refractivity contribution is -0.145. The second-order valence-corrected chi connectivity index (χ2v) is 5.52. The highest BCUT2D eigenvalue weighted by Gasteiger charge is 2.38. The molecule has 0 spiro atoms.